The Morgan fingerprint density at radius 2 is 1.89 bits per heavy atom. The summed E-state index contributed by atoms with van der Waals surface area (Å²) in [6, 6.07) is 6.34. The van der Waals surface area contributed by atoms with Gasteiger partial charge in [-0.3, -0.25) is 0 Å². The molecular formula is C16H22ClN. The Balaban J connectivity index is 1.51. The quantitative estimate of drug-likeness (QED) is 0.812. The van der Waals surface area contributed by atoms with Crippen LogP contribution in [0.4, 0.5) is 0 Å². The van der Waals surface area contributed by atoms with Gasteiger partial charge in [0.15, 0.2) is 0 Å². The van der Waals surface area contributed by atoms with Gasteiger partial charge in [-0.15, -0.1) is 0 Å². The van der Waals surface area contributed by atoms with E-state index in [1.807, 2.05) is 0 Å². The van der Waals surface area contributed by atoms with E-state index in [0.717, 1.165) is 29.3 Å². The van der Waals surface area contributed by atoms with Crippen molar-refractivity contribution in [3.63, 3.8) is 0 Å². The van der Waals surface area contributed by atoms with Gasteiger partial charge in [0, 0.05) is 11.6 Å². The third kappa shape index (κ3) is 3.07. The summed E-state index contributed by atoms with van der Waals surface area (Å²) in [5, 5.41) is 4.52. The maximum absolute atomic E-state index is 6.25. The van der Waals surface area contributed by atoms with Crippen LogP contribution in [0.25, 0.3) is 0 Å². The highest BCUT2D eigenvalue weighted by molar-refractivity contribution is 6.31. The molecule has 0 aliphatic heterocycles. The lowest BCUT2D eigenvalue weighted by atomic mass is 9.98. The third-order valence-corrected chi connectivity index (χ3v) is 4.71. The maximum atomic E-state index is 6.25. The molecule has 2 fully saturated rings. The summed E-state index contributed by atoms with van der Waals surface area (Å²) >= 11 is 6.25. The van der Waals surface area contributed by atoms with Crippen LogP contribution in [0.1, 0.15) is 36.8 Å². The molecule has 0 amide bonds. The first-order valence-corrected chi connectivity index (χ1v) is 7.57. The zero-order chi connectivity index (χ0) is 12.5. The molecule has 0 saturated heterocycles. The van der Waals surface area contributed by atoms with Crippen molar-refractivity contribution >= 4 is 11.6 Å². The number of aryl methyl sites for hydroxylation is 1. The van der Waals surface area contributed by atoms with Gasteiger partial charge in [-0.2, -0.15) is 0 Å². The lowest BCUT2D eigenvalue weighted by molar-refractivity contribution is 0.378. The van der Waals surface area contributed by atoms with Gasteiger partial charge < -0.3 is 5.32 Å². The molecule has 0 radical (unpaired) electrons. The molecule has 2 aliphatic rings. The van der Waals surface area contributed by atoms with E-state index in [2.05, 4.69) is 30.4 Å². The smallest absolute Gasteiger partial charge is 0.0453 e. The molecule has 2 aliphatic carbocycles. The van der Waals surface area contributed by atoms with Crippen molar-refractivity contribution in [2.75, 3.05) is 6.54 Å². The van der Waals surface area contributed by atoms with Crippen LogP contribution in [0.2, 0.25) is 5.02 Å². The van der Waals surface area contributed by atoms with Crippen molar-refractivity contribution in [2.45, 2.75) is 39.2 Å². The van der Waals surface area contributed by atoms with E-state index >= 15 is 0 Å². The third-order valence-electron chi connectivity index (χ3n) is 4.36. The minimum absolute atomic E-state index is 0.900. The number of nitrogens with one attached hydrogen (secondary N) is 1. The molecule has 3 rings (SSSR count). The summed E-state index contributed by atoms with van der Waals surface area (Å²) in [5.41, 5.74) is 2.46. The Kier molecular flexibility index (Phi) is 3.63. The summed E-state index contributed by atoms with van der Waals surface area (Å²) in [5.74, 6) is 2.99. The molecule has 98 valence electrons. The van der Waals surface area contributed by atoms with Gasteiger partial charge >= 0.3 is 0 Å². The Bertz CT molecular complexity index is 409. The van der Waals surface area contributed by atoms with E-state index in [9.17, 15) is 0 Å². The molecular weight excluding hydrogens is 242 g/mol. The SMILES string of the molecule is Cc1ccc(CNCC(C2CC2)C2CC2)c(Cl)c1. The van der Waals surface area contributed by atoms with Gasteiger partial charge in [-0.05, 0) is 74.1 Å². The fourth-order valence-electron chi connectivity index (χ4n) is 2.94. The average Bonchev–Trinajstić information content (AvgIpc) is 3.20. The van der Waals surface area contributed by atoms with Gasteiger partial charge in [-0.1, -0.05) is 23.7 Å². The Labute approximate surface area is 115 Å². The first-order chi connectivity index (χ1) is 8.74. The molecule has 2 saturated carbocycles. The molecule has 0 heterocycles. The molecule has 0 unspecified atom stereocenters. The predicted octanol–water partition coefficient (Wildman–Crippen LogP) is 4.17. The zero-order valence-corrected chi connectivity index (χ0v) is 11.8. The fourth-order valence-corrected chi connectivity index (χ4v) is 3.24. The van der Waals surface area contributed by atoms with Crippen LogP contribution >= 0.6 is 11.6 Å². The summed E-state index contributed by atoms with van der Waals surface area (Å²) in [7, 11) is 0. The molecule has 1 aromatic carbocycles. The van der Waals surface area contributed by atoms with Crippen molar-refractivity contribution in [1.82, 2.24) is 5.32 Å². The molecule has 0 bridgehead atoms. The van der Waals surface area contributed by atoms with Crippen molar-refractivity contribution in [3.8, 4) is 0 Å². The number of hydrogen-bond acceptors (Lipinski definition) is 1. The summed E-state index contributed by atoms with van der Waals surface area (Å²) in [4.78, 5) is 0. The van der Waals surface area contributed by atoms with Crippen molar-refractivity contribution in [2.24, 2.45) is 17.8 Å². The van der Waals surface area contributed by atoms with Gasteiger partial charge in [-0.25, -0.2) is 0 Å². The van der Waals surface area contributed by atoms with E-state index in [1.165, 1.54) is 43.4 Å². The van der Waals surface area contributed by atoms with E-state index in [1.54, 1.807) is 0 Å². The molecule has 0 aromatic heterocycles. The van der Waals surface area contributed by atoms with Crippen LogP contribution in [0.5, 0.6) is 0 Å². The molecule has 18 heavy (non-hydrogen) atoms. The minimum Gasteiger partial charge on any atom is -0.312 e. The highest BCUT2D eigenvalue weighted by Gasteiger charge is 2.40. The van der Waals surface area contributed by atoms with Crippen molar-refractivity contribution in [1.29, 1.82) is 0 Å². The van der Waals surface area contributed by atoms with Crippen LogP contribution in [-0.4, -0.2) is 6.54 Å². The van der Waals surface area contributed by atoms with E-state index in [4.69, 9.17) is 11.6 Å². The van der Waals surface area contributed by atoms with Crippen molar-refractivity contribution in [3.05, 3.63) is 34.3 Å². The Morgan fingerprint density at radius 3 is 2.44 bits per heavy atom. The summed E-state index contributed by atoms with van der Waals surface area (Å²) in [6.07, 6.45) is 5.87. The normalized spacial score (nSPS) is 19.5. The van der Waals surface area contributed by atoms with Crippen LogP contribution in [-0.2, 0) is 6.54 Å². The largest absolute Gasteiger partial charge is 0.312 e. The summed E-state index contributed by atoms with van der Waals surface area (Å²) < 4.78 is 0. The molecule has 1 aromatic rings. The molecule has 1 nitrogen and oxygen atoms in total. The van der Waals surface area contributed by atoms with Crippen LogP contribution < -0.4 is 5.32 Å². The lowest BCUT2D eigenvalue weighted by Crippen LogP contribution is -2.25. The molecule has 1 N–H and O–H groups in total. The van der Waals surface area contributed by atoms with Gasteiger partial charge in [0.05, 0.1) is 0 Å². The number of hydrogen-bond donors (Lipinski definition) is 1. The highest BCUT2D eigenvalue weighted by atomic mass is 35.5. The van der Waals surface area contributed by atoms with Crippen LogP contribution in [0.15, 0.2) is 18.2 Å². The fraction of sp³-hybridized carbons (Fsp3) is 0.625. The molecule has 0 spiro atoms. The van der Waals surface area contributed by atoms with Gasteiger partial charge in [0.1, 0.15) is 0 Å². The average molecular weight is 264 g/mol. The number of halogens is 1. The minimum atomic E-state index is 0.900. The molecule has 2 heteroatoms. The van der Waals surface area contributed by atoms with Gasteiger partial charge in [0.25, 0.3) is 0 Å². The highest BCUT2D eigenvalue weighted by Crippen LogP contribution is 2.48. The van der Waals surface area contributed by atoms with E-state index in [0.29, 0.717) is 0 Å². The summed E-state index contributed by atoms with van der Waals surface area (Å²) in [6.45, 7) is 4.17. The monoisotopic (exact) mass is 263 g/mol. The maximum Gasteiger partial charge on any atom is 0.0453 e. The van der Waals surface area contributed by atoms with E-state index in [-0.39, 0.29) is 0 Å². The first-order valence-electron chi connectivity index (χ1n) is 7.20. The number of benzene rings is 1. The zero-order valence-electron chi connectivity index (χ0n) is 11.1. The van der Waals surface area contributed by atoms with E-state index < -0.39 is 0 Å². The second-order valence-electron chi connectivity index (χ2n) is 6.06. The van der Waals surface area contributed by atoms with Gasteiger partial charge in [0.2, 0.25) is 0 Å². The second kappa shape index (κ2) is 5.22. The lowest BCUT2D eigenvalue weighted by Gasteiger charge is -2.16. The first kappa shape index (κ1) is 12.5. The Morgan fingerprint density at radius 1 is 1.22 bits per heavy atom. The second-order valence-corrected chi connectivity index (χ2v) is 6.47. The topological polar surface area (TPSA) is 12.0 Å². The standard InChI is InChI=1S/C16H22ClN/c1-11-2-3-14(16(17)8-11)9-18-10-15(12-4-5-12)13-6-7-13/h2-3,8,12-13,15,18H,4-7,9-10H2,1H3. The van der Waals surface area contributed by atoms with Crippen molar-refractivity contribution < 1.29 is 0 Å². The van der Waals surface area contributed by atoms with Crippen LogP contribution in [0, 0.1) is 24.7 Å². The molecule has 0 atom stereocenters. The number of rotatable bonds is 6. The Hall–Kier alpha value is -0.530. The predicted molar refractivity (Wildman–Crippen MR) is 76.8 cm³/mol. The van der Waals surface area contributed by atoms with Crippen LogP contribution in [0.3, 0.4) is 0 Å².